The molecule has 1 rings (SSSR count). The maximum Gasteiger partial charge on any atom is 0.252 e. The first kappa shape index (κ1) is 16.0. The zero-order valence-electron chi connectivity index (χ0n) is 11.0. The minimum absolute atomic E-state index is 0.0795. The van der Waals surface area contributed by atoms with E-state index in [9.17, 15) is 17.2 Å². The second kappa shape index (κ2) is 5.93. The molecule has 0 fully saturated rings. The topological polar surface area (TPSA) is 75.4 Å². The summed E-state index contributed by atoms with van der Waals surface area (Å²) >= 11 is 0. The molecule has 0 radical (unpaired) electrons. The van der Waals surface area contributed by atoms with E-state index in [-0.39, 0.29) is 17.1 Å². The van der Waals surface area contributed by atoms with E-state index in [1.54, 1.807) is 14.0 Å². The van der Waals surface area contributed by atoms with Gasteiger partial charge < -0.3 is 5.11 Å². The van der Waals surface area contributed by atoms with Crippen molar-refractivity contribution in [2.24, 2.45) is 7.05 Å². The van der Waals surface area contributed by atoms with E-state index < -0.39 is 29.6 Å². The fourth-order valence-corrected chi connectivity index (χ4v) is 3.64. The van der Waals surface area contributed by atoms with E-state index in [1.807, 2.05) is 0 Å². The van der Waals surface area contributed by atoms with Gasteiger partial charge in [-0.25, -0.2) is 17.2 Å². The molecule has 0 saturated carbocycles. The van der Waals surface area contributed by atoms with Crippen molar-refractivity contribution in [1.82, 2.24) is 14.1 Å². The Kier molecular flexibility index (Phi) is 4.99. The Morgan fingerprint density at radius 1 is 1.42 bits per heavy atom. The summed E-state index contributed by atoms with van der Waals surface area (Å²) in [7, 11) is -2.51. The molecular formula is C10H17F2N3O3S. The van der Waals surface area contributed by atoms with Gasteiger partial charge in [0.25, 0.3) is 6.43 Å². The summed E-state index contributed by atoms with van der Waals surface area (Å²) in [5.74, 6) is 0. The zero-order chi connectivity index (χ0) is 14.8. The number of hydrogen-bond acceptors (Lipinski definition) is 4. The van der Waals surface area contributed by atoms with E-state index in [1.165, 1.54) is 11.6 Å². The standard InChI is InChI=1S/C10H17F2N3O3S/c1-7-10(8(2)14(3)13-7)19(17,18)15(4-5-16)6-9(11)12/h9,16H,4-6H2,1-3H3. The van der Waals surface area contributed by atoms with Crippen molar-refractivity contribution in [3.63, 3.8) is 0 Å². The van der Waals surface area contributed by atoms with Crippen molar-refractivity contribution in [1.29, 1.82) is 0 Å². The lowest BCUT2D eigenvalue weighted by molar-refractivity contribution is 0.113. The van der Waals surface area contributed by atoms with Crippen molar-refractivity contribution in [3.8, 4) is 0 Å². The second-order valence-electron chi connectivity index (χ2n) is 4.10. The van der Waals surface area contributed by atoms with Gasteiger partial charge in [0, 0.05) is 13.6 Å². The number of aliphatic hydroxyl groups is 1. The van der Waals surface area contributed by atoms with Gasteiger partial charge in [0.15, 0.2) is 0 Å². The maximum absolute atomic E-state index is 12.5. The molecule has 1 aromatic heterocycles. The van der Waals surface area contributed by atoms with Gasteiger partial charge in [-0.2, -0.15) is 9.40 Å². The third-order valence-electron chi connectivity index (χ3n) is 2.73. The van der Waals surface area contributed by atoms with E-state index in [2.05, 4.69) is 5.10 Å². The highest BCUT2D eigenvalue weighted by Gasteiger charge is 2.31. The van der Waals surface area contributed by atoms with Crippen LogP contribution in [-0.2, 0) is 17.1 Å². The lowest BCUT2D eigenvalue weighted by atomic mass is 10.4. The second-order valence-corrected chi connectivity index (χ2v) is 5.98. The first-order valence-corrected chi connectivity index (χ1v) is 7.05. The Balaban J connectivity index is 3.26. The number of hydrogen-bond donors (Lipinski definition) is 1. The molecular weight excluding hydrogens is 280 g/mol. The maximum atomic E-state index is 12.5. The molecule has 1 heterocycles. The molecule has 0 unspecified atom stereocenters. The molecule has 0 aromatic carbocycles. The lowest BCUT2D eigenvalue weighted by Crippen LogP contribution is -2.37. The lowest BCUT2D eigenvalue weighted by Gasteiger charge is -2.20. The number of aryl methyl sites for hydroxylation is 2. The van der Waals surface area contributed by atoms with Gasteiger partial charge in [-0.3, -0.25) is 4.68 Å². The molecule has 6 nitrogen and oxygen atoms in total. The van der Waals surface area contributed by atoms with Crippen molar-refractivity contribution in [3.05, 3.63) is 11.4 Å². The van der Waals surface area contributed by atoms with Crippen LogP contribution in [-0.4, -0.2) is 53.7 Å². The smallest absolute Gasteiger partial charge is 0.252 e. The van der Waals surface area contributed by atoms with Crippen LogP contribution in [0.5, 0.6) is 0 Å². The summed E-state index contributed by atoms with van der Waals surface area (Å²) in [5.41, 5.74) is 0.618. The summed E-state index contributed by atoms with van der Waals surface area (Å²) in [5, 5.41) is 12.8. The SMILES string of the molecule is Cc1nn(C)c(C)c1S(=O)(=O)N(CCO)CC(F)F. The quantitative estimate of drug-likeness (QED) is 0.818. The Bertz CT molecular complexity index is 542. The van der Waals surface area contributed by atoms with E-state index >= 15 is 0 Å². The first-order chi connectivity index (χ1) is 8.71. The van der Waals surface area contributed by atoms with Gasteiger partial charge in [0.1, 0.15) is 4.90 Å². The fraction of sp³-hybridized carbons (Fsp3) is 0.700. The van der Waals surface area contributed by atoms with Crippen LogP contribution in [0.15, 0.2) is 4.90 Å². The van der Waals surface area contributed by atoms with Gasteiger partial charge in [0.05, 0.1) is 24.5 Å². The molecule has 0 atom stereocenters. The normalized spacial score (nSPS) is 12.6. The predicted molar refractivity (Wildman–Crippen MR) is 64.5 cm³/mol. The molecule has 0 aliphatic rings. The fourth-order valence-electron chi connectivity index (χ4n) is 1.83. The van der Waals surface area contributed by atoms with Gasteiger partial charge >= 0.3 is 0 Å². The highest BCUT2D eigenvalue weighted by Crippen LogP contribution is 2.23. The molecule has 1 aromatic rings. The monoisotopic (exact) mass is 297 g/mol. The minimum Gasteiger partial charge on any atom is -0.395 e. The van der Waals surface area contributed by atoms with Crippen LogP contribution in [0.3, 0.4) is 0 Å². The van der Waals surface area contributed by atoms with Gasteiger partial charge in [0.2, 0.25) is 10.0 Å². The van der Waals surface area contributed by atoms with Crippen LogP contribution in [0.2, 0.25) is 0 Å². The van der Waals surface area contributed by atoms with Crippen LogP contribution in [0, 0.1) is 13.8 Å². The third-order valence-corrected chi connectivity index (χ3v) is 4.85. The molecule has 0 amide bonds. The largest absolute Gasteiger partial charge is 0.395 e. The Morgan fingerprint density at radius 2 is 2.00 bits per heavy atom. The third kappa shape index (κ3) is 3.28. The average Bonchev–Trinajstić information content (AvgIpc) is 2.52. The Hall–Kier alpha value is -1.06. The number of rotatable bonds is 6. The summed E-state index contributed by atoms with van der Waals surface area (Å²) in [4.78, 5) is -0.0795. The number of sulfonamides is 1. The number of aliphatic hydroxyl groups excluding tert-OH is 1. The Labute approximate surface area is 110 Å². The molecule has 9 heteroatoms. The van der Waals surface area contributed by atoms with Crippen LogP contribution in [0.25, 0.3) is 0 Å². The first-order valence-electron chi connectivity index (χ1n) is 5.61. The van der Waals surface area contributed by atoms with Crippen LogP contribution >= 0.6 is 0 Å². The number of aromatic nitrogens is 2. The molecule has 110 valence electrons. The minimum atomic E-state index is -4.09. The van der Waals surface area contributed by atoms with Gasteiger partial charge in [-0.05, 0) is 13.8 Å². The molecule has 19 heavy (non-hydrogen) atoms. The molecule has 1 N–H and O–H groups in total. The summed E-state index contributed by atoms with van der Waals surface area (Å²) in [6.07, 6.45) is -2.81. The van der Waals surface area contributed by atoms with Crippen molar-refractivity contribution < 1.29 is 22.3 Å². The van der Waals surface area contributed by atoms with Crippen LogP contribution in [0.4, 0.5) is 8.78 Å². The van der Waals surface area contributed by atoms with Crippen LogP contribution in [0.1, 0.15) is 11.4 Å². The number of alkyl halides is 2. The van der Waals surface area contributed by atoms with E-state index in [0.29, 0.717) is 10.00 Å². The molecule has 0 spiro atoms. The summed E-state index contributed by atoms with van der Waals surface area (Å²) in [6, 6.07) is 0. The van der Waals surface area contributed by atoms with Crippen molar-refractivity contribution >= 4 is 10.0 Å². The average molecular weight is 297 g/mol. The van der Waals surface area contributed by atoms with Crippen molar-refractivity contribution in [2.75, 3.05) is 19.7 Å². The summed E-state index contributed by atoms with van der Waals surface area (Å²) in [6.45, 7) is 1.20. The van der Waals surface area contributed by atoms with Gasteiger partial charge in [-0.1, -0.05) is 0 Å². The molecule has 0 aliphatic carbocycles. The zero-order valence-corrected chi connectivity index (χ0v) is 11.8. The Morgan fingerprint density at radius 3 is 2.37 bits per heavy atom. The van der Waals surface area contributed by atoms with E-state index in [4.69, 9.17) is 5.11 Å². The number of halogens is 2. The van der Waals surface area contributed by atoms with E-state index in [0.717, 1.165) is 0 Å². The number of nitrogens with zero attached hydrogens (tertiary/aromatic N) is 3. The highest BCUT2D eigenvalue weighted by molar-refractivity contribution is 7.89. The molecule has 0 saturated heterocycles. The van der Waals surface area contributed by atoms with Crippen LogP contribution < -0.4 is 0 Å². The highest BCUT2D eigenvalue weighted by atomic mass is 32.2. The molecule has 0 bridgehead atoms. The van der Waals surface area contributed by atoms with Gasteiger partial charge in [-0.15, -0.1) is 0 Å². The van der Waals surface area contributed by atoms with Crippen molar-refractivity contribution in [2.45, 2.75) is 25.2 Å². The summed E-state index contributed by atoms with van der Waals surface area (Å²) < 4.78 is 51.5. The molecule has 0 aliphatic heterocycles. The predicted octanol–water partition coefficient (Wildman–Crippen LogP) is 0.285.